The van der Waals surface area contributed by atoms with Gasteiger partial charge in [0.1, 0.15) is 12.2 Å². The summed E-state index contributed by atoms with van der Waals surface area (Å²) in [5.74, 6) is 0.664. The molecule has 21 heavy (non-hydrogen) atoms. The van der Waals surface area contributed by atoms with Gasteiger partial charge in [0, 0.05) is 19.1 Å². The standard InChI is InChI=1S/C13H17N5O2S/c1-10(14)11-2-4-12(5-3-11)21(19,20)18-7-6-17-9-15-16-13(17)8-18/h2-5,9-10H,6-8,14H2,1H3. The lowest BCUT2D eigenvalue weighted by Crippen LogP contribution is -2.38. The third-order valence-electron chi connectivity index (χ3n) is 3.65. The van der Waals surface area contributed by atoms with Gasteiger partial charge >= 0.3 is 0 Å². The van der Waals surface area contributed by atoms with Crippen molar-refractivity contribution in [2.75, 3.05) is 6.54 Å². The summed E-state index contributed by atoms with van der Waals surface area (Å²) in [6.07, 6.45) is 1.62. The van der Waals surface area contributed by atoms with Crippen LogP contribution in [0.5, 0.6) is 0 Å². The average Bonchev–Trinajstić information content (AvgIpc) is 2.94. The van der Waals surface area contributed by atoms with Gasteiger partial charge in [-0.1, -0.05) is 12.1 Å². The number of rotatable bonds is 3. The molecule has 1 aliphatic rings. The van der Waals surface area contributed by atoms with Crippen LogP contribution in [0.25, 0.3) is 0 Å². The Bertz CT molecular complexity index is 736. The number of aromatic nitrogens is 3. The van der Waals surface area contributed by atoms with Crippen molar-refractivity contribution in [3.8, 4) is 0 Å². The van der Waals surface area contributed by atoms with E-state index in [0.717, 1.165) is 5.56 Å². The van der Waals surface area contributed by atoms with Crippen molar-refractivity contribution >= 4 is 10.0 Å². The Hall–Kier alpha value is -1.77. The number of nitrogens with zero attached hydrogens (tertiary/aromatic N) is 4. The topological polar surface area (TPSA) is 94.1 Å². The van der Waals surface area contributed by atoms with E-state index in [0.29, 0.717) is 18.9 Å². The summed E-state index contributed by atoms with van der Waals surface area (Å²) in [4.78, 5) is 0.278. The summed E-state index contributed by atoms with van der Waals surface area (Å²) >= 11 is 0. The normalized spacial score (nSPS) is 17.4. The zero-order valence-corrected chi connectivity index (χ0v) is 12.5. The van der Waals surface area contributed by atoms with Gasteiger partial charge < -0.3 is 10.3 Å². The summed E-state index contributed by atoms with van der Waals surface area (Å²) in [6.45, 7) is 3.10. The van der Waals surface area contributed by atoms with Gasteiger partial charge in [-0.05, 0) is 24.6 Å². The molecule has 2 aromatic rings. The van der Waals surface area contributed by atoms with Gasteiger partial charge in [0.2, 0.25) is 10.0 Å². The molecule has 0 aliphatic carbocycles. The van der Waals surface area contributed by atoms with E-state index >= 15 is 0 Å². The van der Waals surface area contributed by atoms with Crippen LogP contribution in [0.1, 0.15) is 24.4 Å². The van der Waals surface area contributed by atoms with Crippen molar-refractivity contribution in [3.63, 3.8) is 0 Å². The highest BCUT2D eigenvalue weighted by atomic mass is 32.2. The molecule has 1 aliphatic heterocycles. The Morgan fingerprint density at radius 1 is 1.24 bits per heavy atom. The second kappa shape index (κ2) is 5.21. The number of fused-ring (bicyclic) bond motifs is 1. The molecule has 0 amide bonds. The SMILES string of the molecule is CC(N)c1ccc(S(=O)(=O)N2CCn3cnnc3C2)cc1. The molecule has 8 heteroatoms. The van der Waals surface area contributed by atoms with Crippen LogP contribution in [0.4, 0.5) is 0 Å². The Morgan fingerprint density at radius 2 is 1.95 bits per heavy atom. The summed E-state index contributed by atoms with van der Waals surface area (Å²) < 4.78 is 28.6. The first-order valence-electron chi connectivity index (χ1n) is 6.71. The van der Waals surface area contributed by atoms with Crippen LogP contribution < -0.4 is 5.73 Å². The van der Waals surface area contributed by atoms with Gasteiger partial charge in [-0.25, -0.2) is 8.42 Å². The third-order valence-corrected chi connectivity index (χ3v) is 5.51. The maximum atomic E-state index is 12.6. The lowest BCUT2D eigenvalue weighted by Gasteiger charge is -2.26. The summed E-state index contributed by atoms with van der Waals surface area (Å²) in [7, 11) is -3.51. The van der Waals surface area contributed by atoms with Crippen molar-refractivity contribution in [2.45, 2.75) is 31.0 Å². The highest BCUT2D eigenvalue weighted by molar-refractivity contribution is 7.89. The maximum Gasteiger partial charge on any atom is 0.243 e. The quantitative estimate of drug-likeness (QED) is 0.891. The first-order chi connectivity index (χ1) is 9.98. The Balaban J connectivity index is 1.87. The monoisotopic (exact) mass is 307 g/mol. The number of sulfonamides is 1. The van der Waals surface area contributed by atoms with Crippen molar-refractivity contribution in [1.82, 2.24) is 19.1 Å². The molecule has 1 aromatic heterocycles. The predicted molar refractivity (Wildman–Crippen MR) is 76.7 cm³/mol. The fourth-order valence-corrected chi connectivity index (χ4v) is 3.73. The van der Waals surface area contributed by atoms with E-state index in [1.54, 1.807) is 30.6 Å². The van der Waals surface area contributed by atoms with Crippen molar-refractivity contribution in [3.05, 3.63) is 42.0 Å². The number of nitrogens with two attached hydrogens (primary N) is 1. The van der Waals surface area contributed by atoms with Crippen molar-refractivity contribution in [1.29, 1.82) is 0 Å². The molecule has 1 unspecified atom stereocenters. The van der Waals surface area contributed by atoms with E-state index in [2.05, 4.69) is 10.2 Å². The van der Waals surface area contributed by atoms with Gasteiger partial charge in [0.15, 0.2) is 0 Å². The largest absolute Gasteiger partial charge is 0.324 e. The zero-order valence-electron chi connectivity index (χ0n) is 11.7. The molecule has 0 saturated carbocycles. The summed E-state index contributed by atoms with van der Waals surface area (Å²) in [5, 5.41) is 7.74. The third kappa shape index (κ3) is 2.57. The lowest BCUT2D eigenvalue weighted by atomic mass is 10.1. The molecule has 7 nitrogen and oxygen atoms in total. The Labute approximate surface area is 123 Å². The molecule has 2 N–H and O–H groups in total. The van der Waals surface area contributed by atoms with E-state index in [-0.39, 0.29) is 17.5 Å². The molecule has 0 radical (unpaired) electrons. The molecule has 2 heterocycles. The smallest absolute Gasteiger partial charge is 0.243 e. The first kappa shape index (κ1) is 14.2. The van der Waals surface area contributed by atoms with Crippen molar-refractivity contribution < 1.29 is 8.42 Å². The number of benzene rings is 1. The van der Waals surface area contributed by atoms with E-state index in [4.69, 9.17) is 5.73 Å². The zero-order chi connectivity index (χ0) is 15.0. The van der Waals surface area contributed by atoms with Crippen LogP contribution in [-0.4, -0.2) is 34.0 Å². The highest BCUT2D eigenvalue weighted by Gasteiger charge is 2.29. The van der Waals surface area contributed by atoms with Gasteiger partial charge in [-0.15, -0.1) is 10.2 Å². The van der Waals surface area contributed by atoms with Crippen LogP contribution >= 0.6 is 0 Å². The Kier molecular flexibility index (Phi) is 3.52. The summed E-state index contributed by atoms with van der Waals surface area (Å²) in [5.41, 5.74) is 6.69. The van der Waals surface area contributed by atoms with Gasteiger partial charge in [-0.2, -0.15) is 4.31 Å². The molecule has 3 rings (SSSR count). The molecule has 112 valence electrons. The van der Waals surface area contributed by atoms with Crippen molar-refractivity contribution in [2.24, 2.45) is 5.73 Å². The minimum Gasteiger partial charge on any atom is -0.324 e. The minimum absolute atomic E-state index is 0.115. The number of hydrogen-bond donors (Lipinski definition) is 1. The highest BCUT2D eigenvalue weighted by Crippen LogP contribution is 2.22. The summed E-state index contributed by atoms with van der Waals surface area (Å²) in [6, 6.07) is 6.60. The van der Waals surface area contributed by atoms with Gasteiger partial charge in [0.25, 0.3) is 0 Å². The molecular weight excluding hydrogens is 290 g/mol. The Morgan fingerprint density at radius 3 is 2.62 bits per heavy atom. The van der Waals surface area contributed by atoms with E-state index < -0.39 is 10.0 Å². The molecule has 0 bridgehead atoms. The average molecular weight is 307 g/mol. The van der Waals surface area contributed by atoms with E-state index in [1.165, 1.54) is 4.31 Å². The van der Waals surface area contributed by atoms with Gasteiger partial charge in [-0.3, -0.25) is 0 Å². The fourth-order valence-electron chi connectivity index (χ4n) is 2.34. The second-order valence-corrected chi connectivity index (χ2v) is 7.07. The first-order valence-corrected chi connectivity index (χ1v) is 8.15. The minimum atomic E-state index is -3.51. The second-order valence-electron chi connectivity index (χ2n) is 5.14. The van der Waals surface area contributed by atoms with Crippen LogP contribution in [0.2, 0.25) is 0 Å². The van der Waals surface area contributed by atoms with E-state index in [9.17, 15) is 8.42 Å². The molecule has 1 aromatic carbocycles. The lowest BCUT2D eigenvalue weighted by molar-refractivity contribution is 0.335. The van der Waals surface area contributed by atoms with E-state index in [1.807, 2.05) is 11.5 Å². The maximum absolute atomic E-state index is 12.6. The molecule has 0 saturated heterocycles. The fraction of sp³-hybridized carbons (Fsp3) is 0.385. The van der Waals surface area contributed by atoms with Gasteiger partial charge in [0.05, 0.1) is 11.4 Å². The van der Waals surface area contributed by atoms with Crippen LogP contribution in [0, 0.1) is 0 Å². The molecular formula is C13H17N5O2S. The molecule has 0 spiro atoms. The molecule has 1 atom stereocenters. The van der Waals surface area contributed by atoms with Crippen LogP contribution in [-0.2, 0) is 23.1 Å². The molecule has 0 fully saturated rings. The number of hydrogen-bond acceptors (Lipinski definition) is 5. The van der Waals surface area contributed by atoms with Crippen LogP contribution in [0.3, 0.4) is 0 Å². The van der Waals surface area contributed by atoms with Crippen LogP contribution in [0.15, 0.2) is 35.5 Å². The predicted octanol–water partition coefficient (Wildman–Crippen LogP) is 0.502.